The fourth-order valence-electron chi connectivity index (χ4n) is 2.76. The third kappa shape index (κ3) is 3.43. The summed E-state index contributed by atoms with van der Waals surface area (Å²) in [6, 6.07) is 11.0. The first-order valence-electron chi connectivity index (χ1n) is 7.89. The number of hydrogen-bond donors (Lipinski definition) is 2. The molecule has 0 aliphatic heterocycles. The number of methoxy groups -OCH3 is 1. The van der Waals surface area contributed by atoms with Gasteiger partial charge in [-0.2, -0.15) is 0 Å². The number of aromatic nitrogens is 1. The van der Waals surface area contributed by atoms with E-state index >= 15 is 0 Å². The number of ether oxygens (including phenoxy) is 1. The number of nitro benzene ring substituents is 1. The lowest BCUT2D eigenvalue weighted by atomic mass is 10.1. The van der Waals surface area contributed by atoms with Crippen molar-refractivity contribution >= 4 is 28.4 Å². The van der Waals surface area contributed by atoms with Crippen molar-refractivity contribution in [1.29, 1.82) is 0 Å². The number of hydrogen-bond acceptors (Lipinski definition) is 5. The number of aryl methyl sites for hydroxylation is 1. The quantitative estimate of drug-likeness (QED) is 0.541. The predicted octanol–water partition coefficient (Wildman–Crippen LogP) is 2.17. The van der Waals surface area contributed by atoms with Crippen molar-refractivity contribution in [2.45, 2.75) is 0 Å². The number of amides is 2. The Labute approximate surface area is 153 Å². The standard InChI is InChI=1S/C18H16N4O5/c1-21-10-14(12-5-3-4-6-15(12)21)18(24)20-19-17(23)13-9-11(22(25)26)7-8-16(13)27-2/h3-10H,1-2H3,(H,19,23)(H,20,24). The molecule has 0 aliphatic rings. The van der Waals surface area contributed by atoms with Crippen molar-refractivity contribution in [2.24, 2.45) is 7.05 Å². The molecule has 0 saturated carbocycles. The monoisotopic (exact) mass is 368 g/mol. The van der Waals surface area contributed by atoms with Gasteiger partial charge in [-0.15, -0.1) is 0 Å². The summed E-state index contributed by atoms with van der Waals surface area (Å²) in [5.41, 5.74) is 5.52. The van der Waals surface area contributed by atoms with Crippen molar-refractivity contribution in [2.75, 3.05) is 7.11 Å². The zero-order chi connectivity index (χ0) is 19.6. The van der Waals surface area contributed by atoms with Crippen LogP contribution in [0.5, 0.6) is 5.75 Å². The van der Waals surface area contributed by atoms with Crippen LogP contribution in [0, 0.1) is 10.1 Å². The Kier molecular flexibility index (Phi) is 4.75. The van der Waals surface area contributed by atoms with E-state index < -0.39 is 16.7 Å². The molecular formula is C18H16N4O5. The summed E-state index contributed by atoms with van der Waals surface area (Å²) < 4.78 is 6.86. The number of nitrogens with zero attached hydrogens (tertiary/aromatic N) is 2. The summed E-state index contributed by atoms with van der Waals surface area (Å²) >= 11 is 0. The second-order valence-electron chi connectivity index (χ2n) is 5.72. The minimum absolute atomic E-state index is 0.0649. The van der Waals surface area contributed by atoms with Crippen LogP contribution in [0.25, 0.3) is 10.9 Å². The Hall–Kier alpha value is -3.88. The highest BCUT2D eigenvalue weighted by Crippen LogP contribution is 2.24. The third-order valence-corrected chi connectivity index (χ3v) is 4.07. The van der Waals surface area contributed by atoms with E-state index in [0.717, 1.165) is 17.0 Å². The van der Waals surface area contributed by atoms with Gasteiger partial charge in [0.15, 0.2) is 0 Å². The maximum absolute atomic E-state index is 12.5. The van der Waals surface area contributed by atoms with E-state index in [1.165, 1.54) is 19.2 Å². The number of carbonyl (C=O) groups excluding carboxylic acids is 2. The van der Waals surface area contributed by atoms with Gasteiger partial charge in [0.1, 0.15) is 5.75 Å². The highest BCUT2D eigenvalue weighted by atomic mass is 16.6. The van der Waals surface area contributed by atoms with Gasteiger partial charge in [0, 0.05) is 36.3 Å². The van der Waals surface area contributed by atoms with Crippen LogP contribution in [0.2, 0.25) is 0 Å². The molecule has 0 unspecified atom stereocenters. The zero-order valence-electron chi connectivity index (χ0n) is 14.6. The first kappa shape index (κ1) is 17.9. The van der Waals surface area contributed by atoms with Crippen LogP contribution < -0.4 is 15.6 Å². The molecule has 0 aliphatic carbocycles. The SMILES string of the molecule is COc1ccc([N+](=O)[O-])cc1C(=O)NNC(=O)c1cn(C)c2ccccc12. The molecule has 2 N–H and O–H groups in total. The average Bonchev–Trinajstić information content (AvgIpc) is 3.02. The Morgan fingerprint density at radius 1 is 1.07 bits per heavy atom. The summed E-state index contributed by atoms with van der Waals surface area (Å²) in [6.07, 6.45) is 1.65. The summed E-state index contributed by atoms with van der Waals surface area (Å²) in [6.45, 7) is 0. The fourth-order valence-corrected chi connectivity index (χ4v) is 2.76. The van der Waals surface area contributed by atoms with Crippen LogP contribution in [0.1, 0.15) is 20.7 Å². The molecule has 9 nitrogen and oxygen atoms in total. The number of carbonyl (C=O) groups is 2. The molecule has 1 aromatic heterocycles. The van der Waals surface area contributed by atoms with Gasteiger partial charge >= 0.3 is 0 Å². The maximum atomic E-state index is 12.5. The van der Waals surface area contributed by atoms with Crippen LogP contribution in [0.3, 0.4) is 0 Å². The molecule has 9 heteroatoms. The van der Waals surface area contributed by atoms with Crippen LogP contribution in [0.15, 0.2) is 48.7 Å². The summed E-state index contributed by atoms with van der Waals surface area (Å²) in [5, 5.41) is 11.7. The fraction of sp³-hybridized carbons (Fsp3) is 0.111. The van der Waals surface area contributed by atoms with Crippen LogP contribution >= 0.6 is 0 Å². The van der Waals surface area contributed by atoms with Crippen molar-refractivity contribution < 1.29 is 19.2 Å². The van der Waals surface area contributed by atoms with Crippen molar-refractivity contribution in [3.8, 4) is 5.75 Å². The lowest BCUT2D eigenvalue weighted by Crippen LogP contribution is -2.41. The van der Waals surface area contributed by atoms with E-state index in [1.807, 2.05) is 25.2 Å². The second kappa shape index (κ2) is 7.16. The number of non-ortho nitro benzene ring substituents is 1. The Morgan fingerprint density at radius 3 is 2.41 bits per heavy atom. The molecule has 0 fully saturated rings. The Bertz CT molecular complexity index is 1060. The van der Waals surface area contributed by atoms with Gasteiger partial charge in [-0.25, -0.2) is 0 Å². The largest absolute Gasteiger partial charge is 0.496 e. The molecule has 2 amide bonds. The van der Waals surface area contributed by atoms with Crippen LogP contribution in [-0.2, 0) is 7.05 Å². The molecule has 1 heterocycles. The molecule has 0 saturated heterocycles. The third-order valence-electron chi connectivity index (χ3n) is 4.07. The first-order valence-corrected chi connectivity index (χ1v) is 7.89. The first-order chi connectivity index (χ1) is 12.9. The van der Waals surface area contributed by atoms with E-state index in [9.17, 15) is 19.7 Å². The number of para-hydroxylation sites is 1. The maximum Gasteiger partial charge on any atom is 0.273 e. The highest BCUT2D eigenvalue weighted by molar-refractivity contribution is 6.08. The zero-order valence-corrected chi connectivity index (χ0v) is 14.6. The van der Waals surface area contributed by atoms with Gasteiger partial charge in [0.05, 0.1) is 23.2 Å². The van der Waals surface area contributed by atoms with Gasteiger partial charge < -0.3 is 9.30 Å². The summed E-state index contributed by atoms with van der Waals surface area (Å²) in [5.74, 6) is -1.09. The van der Waals surface area contributed by atoms with Crippen molar-refractivity contribution in [1.82, 2.24) is 15.4 Å². The van der Waals surface area contributed by atoms with Gasteiger partial charge in [-0.05, 0) is 12.1 Å². The smallest absolute Gasteiger partial charge is 0.273 e. The number of nitrogens with one attached hydrogen (secondary N) is 2. The minimum atomic E-state index is -0.732. The molecular weight excluding hydrogens is 352 g/mol. The number of benzene rings is 2. The van der Waals surface area contributed by atoms with Gasteiger partial charge in [0.2, 0.25) is 0 Å². The molecule has 2 aromatic carbocycles. The van der Waals surface area contributed by atoms with E-state index in [-0.39, 0.29) is 17.0 Å². The topological polar surface area (TPSA) is 116 Å². The molecule has 0 atom stereocenters. The number of nitro groups is 1. The normalized spacial score (nSPS) is 10.4. The molecule has 27 heavy (non-hydrogen) atoms. The number of fused-ring (bicyclic) bond motifs is 1. The second-order valence-corrected chi connectivity index (χ2v) is 5.72. The van der Waals surface area contributed by atoms with E-state index in [2.05, 4.69) is 10.9 Å². The van der Waals surface area contributed by atoms with Gasteiger partial charge in [-0.1, -0.05) is 18.2 Å². The van der Waals surface area contributed by atoms with Crippen LogP contribution in [-0.4, -0.2) is 28.4 Å². The number of rotatable bonds is 4. The highest BCUT2D eigenvalue weighted by Gasteiger charge is 2.19. The van der Waals surface area contributed by atoms with Crippen LogP contribution in [0.4, 0.5) is 5.69 Å². The lowest BCUT2D eigenvalue weighted by Gasteiger charge is -2.10. The molecule has 138 valence electrons. The molecule has 3 aromatic rings. The van der Waals surface area contributed by atoms with Crippen molar-refractivity contribution in [3.05, 3.63) is 69.9 Å². The Morgan fingerprint density at radius 2 is 1.74 bits per heavy atom. The molecule has 0 bridgehead atoms. The number of hydrazine groups is 1. The van der Waals surface area contributed by atoms with Crippen molar-refractivity contribution in [3.63, 3.8) is 0 Å². The minimum Gasteiger partial charge on any atom is -0.496 e. The summed E-state index contributed by atoms with van der Waals surface area (Å²) in [7, 11) is 3.15. The van der Waals surface area contributed by atoms with E-state index in [4.69, 9.17) is 4.74 Å². The molecule has 0 spiro atoms. The van der Waals surface area contributed by atoms with E-state index in [1.54, 1.807) is 16.8 Å². The van der Waals surface area contributed by atoms with E-state index in [0.29, 0.717) is 5.56 Å². The molecule has 0 radical (unpaired) electrons. The average molecular weight is 368 g/mol. The predicted molar refractivity (Wildman–Crippen MR) is 97.5 cm³/mol. The lowest BCUT2D eigenvalue weighted by molar-refractivity contribution is -0.384. The molecule has 3 rings (SSSR count). The summed E-state index contributed by atoms with van der Waals surface area (Å²) in [4.78, 5) is 35.1. The van der Waals surface area contributed by atoms with Gasteiger partial charge in [0.25, 0.3) is 17.5 Å². The Balaban J connectivity index is 1.80. The van der Waals surface area contributed by atoms with Gasteiger partial charge in [-0.3, -0.25) is 30.6 Å².